The molecule has 8 nitrogen and oxygen atoms in total. The first-order valence-electron chi connectivity index (χ1n) is 8.93. The molecule has 2 aromatic carbocycles. The number of benzene rings is 2. The van der Waals surface area contributed by atoms with Gasteiger partial charge < -0.3 is 19.4 Å². The van der Waals surface area contributed by atoms with Crippen LogP contribution in [0.1, 0.15) is 21.5 Å². The maximum Gasteiger partial charge on any atom is 0.340 e. The highest BCUT2D eigenvalue weighted by atomic mass is 32.2. The molecule has 33 heavy (non-hydrogen) atoms. The standard InChI is InChI=1S/C19H12B3F2NO7S/c1-30-17(27)12-7-4-10(8-13(12)24)18(20)15(26)14(16(25)31-18)32-33(28,29)19(21,22)9-2-5-11(23)6-3-9/h2-8H,25H2,1H3/t18-/m1/s1. The van der Waals surface area contributed by atoms with Crippen molar-refractivity contribution in [1.82, 2.24) is 0 Å². The summed E-state index contributed by atoms with van der Waals surface area (Å²) in [7, 11) is 13.3. The Balaban J connectivity index is 1.93. The third kappa shape index (κ3) is 4.10. The van der Waals surface area contributed by atoms with Gasteiger partial charge in [-0.25, -0.2) is 13.6 Å². The first-order valence-corrected chi connectivity index (χ1v) is 10.3. The van der Waals surface area contributed by atoms with E-state index in [1.54, 1.807) is 0 Å². The Bertz CT molecular complexity index is 1280. The minimum atomic E-state index is -5.03. The number of ketones is 1. The summed E-state index contributed by atoms with van der Waals surface area (Å²) in [5, 5.41) is 0. The monoisotopic (exact) mass is 469 g/mol. The van der Waals surface area contributed by atoms with Gasteiger partial charge in [0.2, 0.25) is 17.4 Å². The molecule has 2 N–H and O–H groups in total. The van der Waals surface area contributed by atoms with Gasteiger partial charge in [0.25, 0.3) is 0 Å². The second kappa shape index (κ2) is 8.25. The van der Waals surface area contributed by atoms with Gasteiger partial charge in [-0.3, -0.25) is 4.79 Å². The van der Waals surface area contributed by atoms with Crippen LogP contribution in [0.3, 0.4) is 0 Å². The number of methoxy groups -OCH3 is 1. The van der Waals surface area contributed by atoms with Gasteiger partial charge in [0.15, 0.2) is 5.50 Å². The average molecular weight is 469 g/mol. The Hall–Kier alpha value is -3.28. The molecule has 3 rings (SSSR count). The fourth-order valence-electron chi connectivity index (χ4n) is 2.87. The van der Waals surface area contributed by atoms with Crippen molar-refractivity contribution >= 4 is 45.4 Å². The van der Waals surface area contributed by atoms with Crippen LogP contribution < -0.4 is 5.73 Å². The van der Waals surface area contributed by atoms with E-state index in [4.69, 9.17) is 38.2 Å². The van der Waals surface area contributed by atoms with Crippen molar-refractivity contribution in [3.05, 3.63) is 82.4 Å². The number of halogens is 2. The number of hydrogen-bond donors (Lipinski definition) is 1. The van der Waals surface area contributed by atoms with Crippen molar-refractivity contribution < 1.29 is 40.4 Å². The Morgan fingerprint density at radius 3 is 2.30 bits per heavy atom. The molecule has 14 heteroatoms. The van der Waals surface area contributed by atoms with Crippen molar-refractivity contribution in [3.63, 3.8) is 0 Å². The Kier molecular flexibility index (Phi) is 6.09. The number of nitrogens with two attached hydrogens (primary N) is 1. The highest BCUT2D eigenvalue weighted by molar-refractivity contribution is 7.90. The normalized spacial score (nSPS) is 18.7. The summed E-state index contributed by atoms with van der Waals surface area (Å²) in [6.45, 7) is 0. The van der Waals surface area contributed by atoms with E-state index in [1.165, 1.54) is 0 Å². The van der Waals surface area contributed by atoms with Crippen LogP contribution in [0.4, 0.5) is 8.78 Å². The van der Waals surface area contributed by atoms with Crippen LogP contribution in [-0.2, 0) is 38.6 Å². The first-order chi connectivity index (χ1) is 15.2. The lowest BCUT2D eigenvalue weighted by Gasteiger charge is -2.26. The van der Waals surface area contributed by atoms with Gasteiger partial charge in [0, 0.05) is 0 Å². The highest BCUT2D eigenvalue weighted by Gasteiger charge is 2.50. The number of rotatable bonds is 6. The van der Waals surface area contributed by atoms with Crippen molar-refractivity contribution in [1.29, 1.82) is 0 Å². The minimum absolute atomic E-state index is 0.270. The van der Waals surface area contributed by atoms with Crippen LogP contribution in [-0.4, -0.2) is 50.8 Å². The summed E-state index contributed by atoms with van der Waals surface area (Å²) in [6.07, 6.45) is 0. The molecule has 0 spiro atoms. The smallest absolute Gasteiger partial charge is 0.340 e. The van der Waals surface area contributed by atoms with Gasteiger partial charge >= 0.3 is 16.1 Å². The molecule has 1 heterocycles. The molecule has 0 saturated heterocycles. The Morgan fingerprint density at radius 2 is 1.76 bits per heavy atom. The fourth-order valence-corrected chi connectivity index (χ4v) is 3.81. The first kappa shape index (κ1) is 24.4. The SMILES string of the molecule is [B]C([B])(c1ccc(F)cc1)S(=O)(=O)OC1=C(N)O[C@]([B])(c2ccc(C(=O)OC)c(F)c2)C1=O. The predicted octanol–water partition coefficient (Wildman–Crippen LogP) is 0.294. The molecule has 1 aliphatic heterocycles. The molecule has 0 amide bonds. The summed E-state index contributed by atoms with van der Waals surface area (Å²) >= 11 is 0. The van der Waals surface area contributed by atoms with Crippen LogP contribution >= 0.6 is 0 Å². The topological polar surface area (TPSA) is 122 Å². The van der Waals surface area contributed by atoms with Crippen LogP contribution in [0.2, 0.25) is 0 Å². The van der Waals surface area contributed by atoms with E-state index in [2.05, 4.69) is 4.74 Å². The van der Waals surface area contributed by atoms with Crippen LogP contribution in [0.25, 0.3) is 0 Å². The summed E-state index contributed by atoms with van der Waals surface area (Å²) in [4.78, 5) is 24.4. The van der Waals surface area contributed by atoms with Gasteiger partial charge in [-0.2, -0.15) is 8.42 Å². The molecule has 0 aliphatic carbocycles. The van der Waals surface area contributed by atoms with Gasteiger partial charge in [-0.05, 0) is 35.4 Å². The maximum atomic E-state index is 14.3. The van der Waals surface area contributed by atoms with Gasteiger partial charge in [0.1, 0.15) is 19.5 Å². The number of ether oxygens (including phenoxy) is 2. The third-order valence-electron chi connectivity index (χ3n) is 4.74. The van der Waals surface area contributed by atoms with E-state index >= 15 is 0 Å². The molecular weight excluding hydrogens is 457 g/mol. The number of Topliss-reactive ketones (excluding diaryl/α,β-unsaturated/α-hetero) is 1. The van der Waals surface area contributed by atoms with E-state index in [-0.39, 0.29) is 11.1 Å². The molecule has 0 aromatic heterocycles. The maximum absolute atomic E-state index is 14.3. The lowest BCUT2D eigenvalue weighted by molar-refractivity contribution is -0.126. The van der Waals surface area contributed by atoms with Crippen LogP contribution in [0.5, 0.6) is 0 Å². The second-order valence-corrected chi connectivity index (χ2v) is 8.63. The van der Waals surface area contributed by atoms with Gasteiger partial charge in [-0.15, -0.1) is 0 Å². The zero-order valence-electron chi connectivity index (χ0n) is 16.9. The molecule has 6 radical (unpaired) electrons. The highest BCUT2D eigenvalue weighted by Crippen LogP contribution is 2.38. The molecule has 0 fully saturated rings. The summed E-state index contributed by atoms with van der Waals surface area (Å²) in [5.74, 6) is -5.98. The van der Waals surface area contributed by atoms with Gasteiger partial charge in [0.05, 0.1) is 32.9 Å². The molecule has 0 unspecified atom stereocenters. The third-order valence-corrected chi connectivity index (χ3v) is 6.19. The van der Waals surface area contributed by atoms with Crippen molar-refractivity contribution in [2.45, 2.75) is 10.0 Å². The van der Waals surface area contributed by atoms with Crippen LogP contribution in [0.15, 0.2) is 54.1 Å². The zero-order chi connectivity index (χ0) is 24.8. The Morgan fingerprint density at radius 1 is 1.15 bits per heavy atom. The number of carbonyl (C=O) groups excluding carboxylic acids is 2. The lowest BCUT2D eigenvalue weighted by atomic mass is 9.65. The Labute approximate surface area is 191 Å². The molecular formula is C19H12B3F2NO7S. The van der Waals surface area contributed by atoms with Crippen molar-refractivity contribution in [2.75, 3.05) is 7.11 Å². The van der Waals surface area contributed by atoms with E-state index in [0.717, 1.165) is 43.5 Å². The molecule has 0 bridgehead atoms. The number of hydrogen-bond acceptors (Lipinski definition) is 8. The number of carbonyl (C=O) groups is 2. The van der Waals surface area contributed by atoms with Gasteiger partial charge in [-0.1, -0.05) is 18.2 Å². The zero-order valence-corrected chi connectivity index (χ0v) is 17.7. The number of esters is 1. The fraction of sp³-hybridized carbons (Fsp3) is 0.158. The quantitative estimate of drug-likeness (QED) is 0.365. The van der Waals surface area contributed by atoms with E-state index < -0.39 is 60.8 Å². The van der Waals surface area contributed by atoms with Crippen LogP contribution in [0, 0.1) is 11.6 Å². The van der Waals surface area contributed by atoms with Crippen molar-refractivity contribution in [3.8, 4) is 0 Å². The van der Waals surface area contributed by atoms with E-state index in [1.807, 2.05) is 0 Å². The molecule has 1 aliphatic rings. The molecule has 0 saturated carbocycles. The largest absolute Gasteiger partial charge is 0.467 e. The van der Waals surface area contributed by atoms with Crippen molar-refractivity contribution in [2.24, 2.45) is 5.73 Å². The molecule has 2 aromatic rings. The predicted molar refractivity (Wildman–Crippen MR) is 112 cm³/mol. The van der Waals surface area contributed by atoms with E-state index in [0.29, 0.717) is 6.07 Å². The lowest BCUT2D eigenvalue weighted by Crippen LogP contribution is -2.40. The molecule has 164 valence electrons. The summed E-state index contributed by atoms with van der Waals surface area (Å²) in [6, 6.07) is 6.59. The average Bonchev–Trinajstić information content (AvgIpc) is 2.97. The summed E-state index contributed by atoms with van der Waals surface area (Å²) in [5.41, 5.74) is 2.06. The summed E-state index contributed by atoms with van der Waals surface area (Å²) < 4.78 is 64.5. The molecule has 1 atom stereocenters. The van der Waals surface area contributed by atoms with E-state index in [9.17, 15) is 26.8 Å². The minimum Gasteiger partial charge on any atom is -0.467 e. The second-order valence-electron chi connectivity index (χ2n) is 6.88.